The van der Waals surface area contributed by atoms with E-state index in [1.807, 2.05) is 68.4 Å². The number of hydrogen-bond acceptors (Lipinski definition) is 9. The minimum atomic E-state index is -0.452. The Kier molecular flexibility index (Phi) is 12.3. The maximum Gasteiger partial charge on any atom is 0.331 e. The van der Waals surface area contributed by atoms with Crippen LogP contribution in [0, 0.1) is 5.92 Å². The molecule has 0 N–H and O–H groups in total. The molecular weight excluding hydrogens is 729 g/mol. The van der Waals surface area contributed by atoms with Crippen LogP contribution < -0.4 is 0 Å². The number of hydrogen-bond donors (Lipinski definition) is 0. The van der Waals surface area contributed by atoms with Gasteiger partial charge in [0.1, 0.15) is 0 Å². The summed E-state index contributed by atoms with van der Waals surface area (Å²) in [6, 6.07) is 43.3. The van der Waals surface area contributed by atoms with Crippen molar-refractivity contribution < 1.29 is 19.3 Å². The molecule has 0 saturated carbocycles. The second kappa shape index (κ2) is 18.0. The molecule has 57 heavy (non-hydrogen) atoms. The Morgan fingerprint density at radius 2 is 1.05 bits per heavy atom. The lowest BCUT2D eigenvalue weighted by Gasteiger charge is -2.33. The van der Waals surface area contributed by atoms with E-state index in [0.717, 1.165) is 66.6 Å². The molecule has 2 aliphatic rings. The van der Waals surface area contributed by atoms with Crippen LogP contribution in [0.2, 0.25) is 0 Å². The summed E-state index contributed by atoms with van der Waals surface area (Å²) in [7, 11) is 0. The first-order chi connectivity index (χ1) is 27.7. The van der Waals surface area contributed by atoms with E-state index >= 15 is 0 Å². The first-order valence-corrected chi connectivity index (χ1v) is 19.6. The monoisotopic (exact) mass is 770 g/mol. The molecule has 3 unspecified atom stereocenters. The Labute approximate surface area is 337 Å². The molecule has 5 aromatic rings. The molecule has 1 aliphatic carbocycles. The van der Waals surface area contributed by atoms with Crippen molar-refractivity contribution in [2.75, 3.05) is 0 Å². The van der Waals surface area contributed by atoms with Crippen LogP contribution in [0.5, 0.6) is 0 Å². The fraction of sp³-hybridized carbons (Fsp3) is 0.167. The molecule has 0 saturated heterocycles. The number of oxime groups is 2. The van der Waals surface area contributed by atoms with Crippen LogP contribution in [-0.2, 0) is 19.3 Å². The summed E-state index contributed by atoms with van der Waals surface area (Å²) >= 11 is 1.67. The molecule has 9 heteroatoms. The number of nitrogens with zero attached hydrogens (tertiary/aromatic N) is 4. The zero-order valence-electron chi connectivity index (χ0n) is 32.2. The molecule has 0 fully saturated rings. The molecule has 0 amide bonds. The number of carbonyl (C=O) groups excluding carboxylic acids is 2. The third kappa shape index (κ3) is 9.69. The van der Waals surface area contributed by atoms with Gasteiger partial charge in [0.15, 0.2) is 0 Å². The van der Waals surface area contributed by atoms with E-state index in [1.165, 1.54) is 13.8 Å². The van der Waals surface area contributed by atoms with Crippen LogP contribution in [0.4, 0.5) is 0 Å². The van der Waals surface area contributed by atoms with E-state index in [0.29, 0.717) is 11.4 Å². The van der Waals surface area contributed by atoms with Crippen LogP contribution in [0.15, 0.2) is 182 Å². The predicted molar refractivity (Wildman–Crippen MR) is 229 cm³/mol. The average molecular weight is 771 g/mol. The summed E-state index contributed by atoms with van der Waals surface area (Å²) in [5, 5.41) is 7.81. The maximum absolute atomic E-state index is 11.2. The van der Waals surface area contributed by atoms with Crippen molar-refractivity contribution in [3.8, 4) is 11.1 Å². The standard InChI is InChI=1S/C48H42N4O4S/c1-31(51-55-33(3)53)35-15-17-37(18-16-35)38-19-21-41(22-20-38)47-48(50-46(40-13-9-6-10-14-40)45(49-47)39-11-7-5-8-12-39)42-25-29-44(30-26-42)57-43-27-23-36(24-28-43)32(2)52-56-34(4)54/h5-11,13-30,39,45-46H,12H2,1-4H3/b51-31+,52-32+. The Morgan fingerprint density at radius 1 is 0.579 bits per heavy atom. The summed E-state index contributed by atoms with van der Waals surface area (Å²) in [4.78, 5) is 45.3. The molecule has 1 aliphatic heterocycles. The zero-order valence-corrected chi connectivity index (χ0v) is 33.0. The van der Waals surface area contributed by atoms with Crippen LogP contribution in [0.1, 0.15) is 68.0 Å². The lowest BCUT2D eigenvalue weighted by Crippen LogP contribution is -2.34. The number of rotatable bonds is 11. The van der Waals surface area contributed by atoms with Gasteiger partial charge in [-0.1, -0.05) is 150 Å². The van der Waals surface area contributed by atoms with Crippen LogP contribution in [0.3, 0.4) is 0 Å². The van der Waals surface area contributed by atoms with Gasteiger partial charge in [0.25, 0.3) is 0 Å². The highest BCUT2D eigenvalue weighted by molar-refractivity contribution is 7.99. The van der Waals surface area contributed by atoms with E-state index in [2.05, 4.69) is 107 Å². The summed E-state index contributed by atoms with van der Waals surface area (Å²) in [6.07, 6.45) is 9.60. The van der Waals surface area contributed by atoms with E-state index in [9.17, 15) is 9.59 Å². The van der Waals surface area contributed by atoms with Crippen molar-refractivity contribution in [1.82, 2.24) is 0 Å². The van der Waals surface area contributed by atoms with E-state index in [4.69, 9.17) is 19.7 Å². The first-order valence-electron chi connectivity index (χ1n) is 18.8. The molecule has 5 aromatic carbocycles. The SMILES string of the molecule is CC(=O)O/N=C(\C)c1ccc(Sc2ccc(C3=NC(c4ccccc4)C(C4C=CC=CC4)N=C3c3ccc(-c4ccc(/C(C)=N/OC(C)=O)cc4)cc3)cc2)cc1. The topological polar surface area (TPSA) is 102 Å². The Balaban J connectivity index is 1.19. The normalized spacial score (nSPS) is 18.1. The van der Waals surface area contributed by atoms with Gasteiger partial charge >= 0.3 is 11.9 Å². The van der Waals surface area contributed by atoms with Crippen molar-refractivity contribution in [1.29, 1.82) is 0 Å². The van der Waals surface area contributed by atoms with Gasteiger partial charge in [0, 0.05) is 40.7 Å². The minimum Gasteiger partial charge on any atom is -0.318 e. The van der Waals surface area contributed by atoms with Crippen molar-refractivity contribution in [3.05, 3.63) is 180 Å². The van der Waals surface area contributed by atoms with Crippen LogP contribution in [0.25, 0.3) is 11.1 Å². The summed E-state index contributed by atoms with van der Waals surface area (Å²) in [6.45, 7) is 6.28. The fourth-order valence-electron chi connectivity index (χ4n) is 6.76. The molecule has 3 atom stereocenters. The lowest BCUT2D eigenvalue weighted by molar-refractivity contribution is -0.141. The molecular formula is C48H42N4O4S. The van der Waals surface area contributed by atoms with Gasteiger partial charge < -0.3 is 9.68 Å². The highest BCUT2D eigenvalue weighted by atomic mass is 32.2. The van der Waals surface area contributed by atoms with Gasteiger partial charge in [-0.3, -0.25) is 9.98 Å². The molecule has 0 aromatic heterocycles. The van der Waals surface area contributed by atoms with Crippen molar-refractivity contribution in [3.63, 3.8) is 0 Å². The van der Waals surface area contributed by atoms with Crippen molar-refractivity contribution in [2.24, 2.45) is 26.2 Å². The second-order valence-corrected chi connectivity index (χ2v) is 15.0. The summed E-state index contributed by atoms with van der Waals surface area (Å²) in [5.41, 5.74) is 10.00. The molecule has 0 radical (unpaired) electrons. The summed E-state index contributed by atoms with van der Waals surface area (Å²) < 4.78 is 0. The number of allylic oxidation sites excluding steroid dienone is 3. The Hall–Kier alpha value is -6.45. The van der Waals surface area contributed by atoms with E-state index < -0.39 is 11.9 Å². The van der Waals surface area contributed by atoms with Gasteiger partial charge in [0.05, 0.1) is 34.9 Å². The quantitative estimate of drug-likeness (QED) is 0.0756. The second-order valence-electron chi connectivity index (χ2n) is 13.8. The average Bonchev–Trinajstić information content (AvgIpc) is 3.25. The summed E-state index contributed by atoms with van der Waals surface area (Å²) in [5.74, 6) is -0.699. The van der Waals surface area contributed by atoms with Gasteiger partial charge in [-0.05, 0) is 72.4 Å². The number of aliphatic imine (C=N–C) groups is 2. The third-order valence-electron chi connectivity index (χ3n) is 9.74. The lowest BCUT2D eigenvalue weighted by atomic mass is 9.83. The van der Waals surface area contributed by atoms with Crippen molar-refractivity contribution in [2.45, 2.75) is 56.0 Å². The molecule has 0 bridgehead atoms. The number of benzene rings is 5. The predicted octanol–water partition coefficient (Wildman–Crippen LogP) is 10.6. The molecule has 0 spiro atoms. The highest BCUT2D eigenvalue weighted by Gasteiger charge is 2.34. The van der Waals surface area contributed by atoms with Gasteiger partial charge in [-0.2, -0.15) is 0 Å². The van der Waals surface area contributed by atoms with Gasteiger partial charge in [-0.15, -0.1) is 0 Å². The van der Waals surface area contributed by atoms with E-state index in [1.54, 1.807) is 11.8 Å². The third-order valence-corrected chi connectivity index (χ3v) is 10.8. The Bertz CT molecular complexity index is 2410. The Morgan fingerprint density at radius 3 is 1.58 bits per heavy atom. The molecule has 8 nitrogen and oxygen atoms in total. The zero-order chi connectivity index (χ0) is 39.7. The van der Waals surface area contributed by atoms with Gasteiger partial charge in [-0.25, -0.2) is 9.59 Å². The smallest absolute Gasteiger partial charge is 0.318 e. The maximum atomic E-state index is 11.2. The molecule has 1 heterocycles. The minimum absolute atomic E-state index is 0.0861. The number of carbonyl (C=O) groups is 2. The van der Waals surface area contributed by atoms with Crippen LogP contribution >= 0.6 is 11.8 Å². The largest absolute Gasteiger partial charge is 0.331 e. The molecule has 284 valence electrons. The van der Waals surface area contributed by atoms with E-state index in [-0.39, 0.29) is 18.0 Å². The first kappa shape index (κ1) is 38.8. The highest BCUT2D eigenvalue weighted by Crippen LogP contribution is 2.37. The van der Waals surface area contributed by atoms with Gasteiger partial charge in [0.2, 0.25) is 0 Å². The fourth-order valence-corrected chi connectivity index (χ4v) is 7.58. The van der Waals surface area contributed by atoms with Crippen LogP contribution in [-0.4, -0.2) is 40.8 Å². The van der Waals surface area contributed by atoms with Crippen molar-refractivity contribution >= 4 is 46.5 Å². The molecule has 7 rings (SSSR count).